The maximum atomic E-state index is 12.6. The molecule has 0 heterocycles. The largest absolute Gasteiger partial charge is 0.496 e. The van der Waals surface area contributed by atoms with E-state index in [0.717, 1.165) is 11.1 Å². The van der Waals surface area contributed by atoms with E-state index in [0.29, 0.717) is 11.3 Å². The number of rotatable bonds is 8. The van der Waals surface area contributed by atoms with Crippen LogP contribution in [0.2, 0.25) is 0 Å². The van der Waals surface area contributed by atoms with Crippen LogP contribution in [-0.4, -0.2) is 40.6 Å². The molecular weight excluding hydrogens is 408 g/mol. The van der Waals surface area contributed by atoms with Crippen LogP contribution in [0.5, 0.6) is 5.75 Å². The van der Waals surface area contributed by atoms with Crippen LogP contribution in [0.1, 0.15) is 34.0 Å². The van der Waals surface area contributed by atoms with Crippen molar-refractivity contribution in [1.82, 2.24) is 10.0 Å². The van der Waals surface area contributed by atoms with E-state index >= 15 is 0 Å². The second kappa shape index (κ2) is 9.73. The van der Waals surface area contributed by atoms with Gasteiger partial charge in [0.2, 0.25) is 15.9 Å². The Bertz CT molecular complexity index is 1050. The number of carbonyl (C=O) groups excluding carboxylic acids is 2. The number of aryl methyl sites for hydroxylation is 2. The summed E-state index contributed by atoms with van der Waals surface area (Å²) in [5.74, 6) is -0.709. The van der Waals surface area contributed by atoms with Crippen LogP contribution >= 0.6 is 0 Å². The van der Waals surface area contributed by atoms with E-state index in [-0.39, 0.29) is 17.0 Å². The predicted octanol–water partition coefficient (Wildman–Crippen LogP) is 2.08. The zero-order valence-electron chi connectivity index (χ0n) is 17.6. The smallest absolute Gasteiger partial charge is 0.341 e. The van der Waals surface area contributed by atoms with Crippen molar-refractivity contribution in [1.29, 1.82) is 0 Å². The third-order valence-electron chi connectivity index (χ3n) is 4.65. The summed E-state index contributed by atoms with van der Waals surface area (Å²) in [6, 6.07) is 8.63. The van der Waals surface area contributed by atoms with Gasteiger partial charge in [-0.25, -0.2) is 13.2 Å². The maximum Gasteiger partial charge on any atom is 0.341 e. The molecule has 0 saturated carbocycles. The van der Waals surface area contributed by atoms with Crippen LogP contribution in [0.15, 0.2) is 41.3 Å². The average Bonchev–Trinajstić information content (AvgIpc) is 2.72. The van der Waals surface area contributed by atoms with Crippen molar-refractivity contribution >= 4 is 21.9 Å². The topological polar surface area (TPSA) is 111 Å². The number of hydrogen-bond acceptors (Lipinski definition) is 6. The predicted molar refractivity (Wildman–Crippen MR) is 112 cm³/mol. The molecule has 0 spiro atoms. The lowest BCUT2D eigenvalue weighted by atomic mass is 10.1. The summed E-state index contributed by atoms with van der Waals surface area (Å²) in [7, 11) is -1.15. The number of methoxy groups -OCH3 is 2. The van der Waals surface area contributed by atoms with Crippen molar-refractivity contribution in [3.63, 3.8) is 0 Å². The van der Waals surface area contributed by atoms with E-state index in [1.807, 2.05) is 13.8 Å². The normalized spacial score (nSPS) is 12.2. The van der Waals surface area contributed by atoms with Gasteiger partial charge in [0, 0.05) is 6.54 Å². The number of esters is 1. The Balaban J connectivity index is 2.05. The Labute approximate surface area is 176 Å². The van der Waals surface area contributed by atoms with Gasteiger partial charge in [0.1, 0.15) is 11.3 Å². The molecule has 2 N–H and O–H groups in total. The molecule has 30 heavy (non-hydrogen) atoms. The van der Waals surface area contributed by atoms with Gasteiger partial charge in [-0.1, -0.05) is 12.1 Å². The zero-order chi connectivity index (χ0) is 22.5. The molecule has 0 bridgehead atoms. The summed E-state index contributed by atoms with van der Waals surface area (Å²) in [4.78, 5) is 24.4. The number of amides is 1. The Kier molecular flexibility index (Phi) is 7.58. The second-order valence-corrected chi connectivity index (χ2v) is 8.55. The fourth-order valence-electron chi connectivity index (χ4n) is 2.71. The van der Waals surface area contributed by atoms with E-state index in [2.05, 4.69) is 10.0 Å². The molecule has 0 aliphatic heterocycles. The molecule has 1 amide bonds. The molecule has 0 aliphatic carbocycles. The molecule has 0 fully saturated rings. The summed E-state index contributed by atoms with van der Waals surface area (Å²) >= 11 is 0. The SMILES string of the molecule is COC(=O)c1cc(CNC(=O)[C@H](C)NS(=O)(=O)c2ccc(C)c(C)c2)ccc1OC. The number of benzene rings is 2. The Morgan fingerprint density at radius 3 is 2.33 bits per heavy atom. The number of sulfonamides is 1. The van der Waals surface area contributed by atoms with Crippen LogP contribution < -0.4 is 14.8 Å². The number of nitrogens with one attached hydrogen (secondary N) is 2. The highest BCUT2D eigenvalue weighted by atomic mass is 32.2. The summed E-state index contributed by atoms with van der Waals surface area (Å²) in [6.07, 6.45) is 0. The van der Waals surface area contributed by atoms with Gasteiger partial charge in [0.15, 0.2) is 0 Å². The first-order chi connectivity index (χ1) is 14.1. The molecule has 0 aliphatic rings. The van der Waals surface area contributed by atoms with Crippen molar-refractivity contribution in [2.75, 3.05) is 14.2 Å². The molecule has 0 saturated heterocycles. The number of ether oxygens (including phenoxy) is 2. The molecule has 0 unspecified atom stereocenters. The lowest BCUT2D eigenvalue weighted by Crippen LogP contribution is -2.44. The van der Waals surface area contributed by atoms with Crippen LogP contribution in [0, 0.1) is 13.8 Å². The highest BCUT2D eigenvalue weighted by Crippen LogP contribution is 2.21. The van der Waals surface area contributed by atoms with Gasteiger partial charge < -0.3 is 14.8 Å². The van der Waals surface area contributed by atoms with E-state index < -0.39 is 27.9 Å². The monoisotopic (exact) mass is 434 g/mol. The minimum atomic E-state index is -3.85. The third-order valence-corrected chi connectivity index (χ3v) is 6.19. The Hall–Kier alpha value is -2.91. The summed E-state index contributed by atoms with van der Waals surface area (Å²) in [5.41, 5.74) is 2.69. The van der Waals surface area contributed by atoms with Gasteiger partial charge in [0.05, 0.1) is 25.2 Å². The highest BCUT2D eigenvalue weighted by molar-refractivity contribution is 7.89. The van der Waals surface area contributed by atoms with Crippen molar-refractivity contribution in [2.45, 2.75) is 38.3 Å². The van der Waals surface area contributed by atoms with Gasteiger partial charge >= 0.3 is 5.97 Å². The van der Waals surface area contributed by atoms with Crippen molar-refractivity contribution in [2.24, 2.45) is 0 Å². The van der Waals surface area contributed by atoms with E-state index in [9.17, 15) is 18.0 Å². The first kappa shape index (κ1) is 23.4. The van der Waals surface area contributed by atoms with Crippen LogP contribution in [0.25, 0.3) is 0 Å². The molecule has 2 aromatic rings. The van der Waals surface area contributed by atoms with Crippen LogP contribution in [0.4, 0.5) is 0 Å². The maximum absolute atomic E-state index is 12.6. The van der Waals surface area contributed by atoms with Gasteiger partial charge in [0.25, 0.3) is 0 Å². The molecule has 0 aromatic heterocycles. The highest BCUT2D eigenvalue weighted by Gasteiger charge is 2.22. The van der Waals surface area contributed by atoms with E-state index in [4.69, 9.17) is 9.47 Å². The third kappa shape index (κ3) is 5.58. The minimum absolute atomic E-state index is 0.0997. The second-order valence-electron chi connectivity index (χ2n) is 6.83. The van der Waals surface area contributed by atoms with Gasteiger partial charge in [-0.05, 0) is 61.7 Å². The van der Waals surface area contributed by atoms with Crippen LogP contribution in [0.3, 0.4) is 0 Å². The number of hydrogen-bond donors (Lipinski definition) is 2. The quantitative estimate of drug-likeness (QED) is 0.616. The van der Waals surface area contributed by atoms with Gasteiger partial charge in [-0.2, -0.15) is 4.72 Å². The standard InChI is InChI=1S/C21H26N2O6S/c1-13-6-8-17(10-14(13)2)30(26,27)23-15(3)20(24)22-12-16-7-9-19(28-4)18(11-16)21(25)29-5/h6-11,15,23H,12H2,1-5H3,(H,22,24)/t15-/m0/s1. The molecule has 0 radical (unpaired) electrons. The molecule has 2 aromatic carbocycles. The Morgan fingerprint density at radius 1 is 1.03 bits per heavy atom. The van der Waals surface area contributed by atoms with Crippen molar-refractivity contribution in [3.05, 3.63) is 58.7 Å². The van der Waals surface area contributed by atoms with E-state index in [1.54, 1.807) is 30.3 Å². The average molecular weight is 435 g/mol. The molecule has 2 rings (SSSR count). The first-order valence-corrected chi connectivity index (χ1v) is 10.7. The molecule has 162 valence electrons. The van der Waals surface area contributed by atoms with E-state index in [1.165, 1.54) is 27.2 Å². The molecule has 1 atom stereocenters. The van der Waals surface area contributed by atoms with Crippen LogP contribution in [-0.2, 0) is 26.1 Å². The lowest BCUT2D eigenvalue weighted by molar-refractivity contribution is -0.122. The Morgan fingerprint density at radius 2 is 1.73 bits per heavy atom. The van der Waals surface area contributed by atoms with Crippen molar-refractivity contribution in [3.8, 4) is 5.75 Å². The summed E-state index contributed by atoms with van der Waals surface area (Å²) in [5, 5.41) is 2.66. The lowest BCUT2D eigenvalue weighted by Gasteiger charge is -2.15. The number of carbonyl (C=O) groups is 2. The fourth-order valence-corrected chi connectivity index (χ4v) is 4.00. The molecule has 9 heteroatoms. The fraction of sp³-hybridized carbons (Fsp3) is 0.333. The molecule has 8 nitrogen and oxygen atoms in total. The zero-order valence-corrected chi connectivity index (χ0v) is 18.4. The minimum Gasteiger partial charge on any atom is -0.496 e. The first-order valence-electron chi connectivity index (χ1n) is 9.21. The van der Waals surface area contributed by atoms with Gasteiger partial charge in [-0.3, -0.25) is 4.79 Å². The van der Waals surface area contributed by atoms with Gasteiger partial charge in [-0.15, -0.1) is 0 Å². The summed E-state index contributed by atoms with van der Waals surface area (Å²) in [6.45, 7) is 5.27. The summed E-state index contributed by atoms with van der Waals surface area (Å²) < 4.78 is 37.3. The molecular formula is C21H26N2O6S. The van der Waals surface area contributed by atoms with Crippen molar-refractivity contribution < 1.29 is 27.5 Å².